The van der Waals surface area contributed by atoms with E-state index in [0.717, 1.165) is 29.7 Å². The molecule has 0 aliphatic heterocycles. The fourth-order valence-electron chi connectivity index (χ4n) is 1.14. The summed E-state index contributed by atoms with van der Waals surface area (Å²) in [6.07, 6.45) is 2.17. The molecule has 15 heavy (non-hydrogen) atoms. The maximum Gasteiger partial charge on any atom is 0.123 e. The summed E-state index contributed by atoms with van der Waals surface area (Å²) >= 11 is 3.36. The van der Waals surface area contributed by atoms with Crippen molar-refractivity contribution < 1.29 is 4.74 Å². The van der Waals surface area contributed by atoms with E-state index in [4.69, 9.17) is 15.9 Å². The van der Waals surface area contributed by atoms with Crippen LogP contribution >= 0.6 is 15.9 Å². The van der Waals surface area contributed by atoms with E-state index in [9.17, 15) is 0 Å². The van der Waals surface area contributed by atoms with Crippen LogP contribution in [0.25, 0.3) is 0 Å². The summed E-state index contributed by atoms with van der Waals surface area (Å²) in [5.74, 6) is 0.863. The Morgan fingerprint density at radius 3 is 2.80 bits per heavy atom. The van der Waals surface area contributed by atoms with Crippen molar-refractivity contribution in [1.29, 1.82) is 5.41 Å². The molecule has 82 valence electrons. The third-order valence-corrected chi connectivity index (χ3v) is 2.65. The summed E-state index contributed by atoms with van der Waals surface area (Å²) in [5, 5.41) is 7.32. The fraction of sp³-hybridized carbons (Fsp3) is 0.364. The standard InChI is InChI=1S/C11H15BrN2O/c1-2-3-6-15-8-4-5-9(11(13)14)10(12)7-8/h4-5,7H,2-3,6H2,1H3,(H3,13,14). The third kappa shape index (κ3) is 3.55. The molecule has 0 aliphatic carbocycles. The average Bonchev–Trinajstić information content (AvgIpc) is 2.17. The van der Waals surface area contributed by atoms with E-state index >= 15 is 0 Å². The van der Waals surface area contributed by atoms with Crippen LogP contribution in [0.4, 0.5) is 0 Å². The average molecular weight is 271 g/mol. The van der Waals surface area contributed by atoms with Crippen molar-refractivity contribution in [2.45, 2.75) is 19.8 Å². The maximum atomic E-state index is 7.32. The molecule has 0 bridgehead atoms. The highest BCUT2D eigenvalue weighted by Gasteiger charge is 2.04. The van der Waals surface area contributed by atoms with Gasteiger partial charge in [-0.3, -0.25) is 5.41 Å². The minimum atomic E-state index is 0.0574. The van der Waals surface area contributed by atoms with E-state index in [-0.39, 0.29) is 5.84 Å². The number of hydrogen-bond acceptors (Lipinski definition) is 2. The molecule has 0 aliphatic rings. The highest BCUT2D eigenvalue weighted by Crippen LogP contribution is 2.22. The highest BCUT2D eigenvalue weighted by atomic mass is 79.9. The van der Waals surface area contributed by atoms with E-state index in [1.54, 1.807) is 6.07 Å². The normalized spacial score (nSPS) is 10.0. The van der Waals surface area contributed by atoms with Crippen LogP contribution in [0, 0.1) is 5.41 Å². The Kier molecular flexibility index (Phi) is 4.62. The first-order valence-corrected chi connectivity index (χ1v) is 5.71. The molecule has 3 N–H and O–H groups in total. The van der Waals surface area contributed by atoms with Crippen molar-refractivity contribution in [1.82, 2.24) is 0 Å². The number of halogens is 1. The highest BCUT2D eigenvalue weighted by molar-refractivity contribution is 9.10. The molecule has 0 radical (unpaired) electrons. The monoisotopic (exact) mass is 270 g/mol. The summed E-state index contributed by atoms with van der Waals surface area (Å²) < 4.78 is 6.32. The zero-order valence-electron chi connectivity index (χ0n) is 8.72. The number of benzene rings is 1. The summed E-state index contributed by atoms with van der Waals surface area (Å²) in [7, 11) is 0. The fourth-order valence-corrected chi connectivity index (χ4v) is 1.71. The first kappa shape index (κ1) is 12.0. The second kappa shape index (κ2) is 5.75. The van der Waals surface area contributed by atoms with Crippen LogP contribution in [0.1, 0.15) is 25.3 Å². The SMILES string of the molecule is CCCCOc1ccc(C(=N)N)c(Br)c1. The smallest absolute Gasteiger partial charge is 0.123 e. The predicted molar refractivity (Wildman–Crippen MR) is 65.6 cm³/mol. The van der Waals surface area contributed by atoms with Crippen LogP contribution < -0.4 is 10.5 Å². The molecular formula is C11H15BrN2O. The Hall–Kier alpha value is -1.03. The molecule has 0 saturated carbocycles. The second-order valence-electron chi connectivity index (χ2n) is 3.26. The second-order valence-corrected chi connectivity index (χ2v) is 4.11. The van der Waals surface area contributed by atoms with Crippen LogP contribution in [0.15, 0.2) is 22.7 Å². The maximum absolute atomic E-state index is 7.32. The molecule has 0 saturated heterocycles. The van der Waals surface area contributed by atoms with Gasteiger partial charge in [-0.05, 0) is 40.5 Å². The number of nitrogens with one attached hydrogen (secondary N) is 1. The Morgan fingerprint density at radius 1 is 1.53 bits per heavy atom. The molecule has 0 heterocycles. The van der Waals surface area contributed by atoms with Crippen molar-refractivity contribution in [3.05, 3.63) is 28.2 Å². The quantitative estimate of drug-likeness (QED) is 0.491. The molecule has 0 atom stereocenters. The third-order valence-electron chi connectivity index (χ3n) is 2.00. The summed E-state index contributed by atoms with van der Waals surface area (Å²) in [5.41, 5.74) is 6.09. The lowest BCUT2D eigenvalue weighted by atomic mass is 10.2. The van der Waals surface area contributed by atoms with Crippen molar-refractivity contribution in [2.24, 2.45) is 5.73 Å². The van der Waals surface area contributed by atoms with Crippen molar-refractivity contribution in [3.63, 3.8) is 0 Å². The van der Waals surface area contributed by atoms with E-state index in [0.29, 0.717) is 5.56 Å². The van der Waals surface area contributed by atoms with Crippen LogP contribution in [-0.4, -0.2) is 12.4 Å². The molecule has 0 amide bonds. The van der Waals surface area contributed by atoms with Gasteiger partial charge in [0.15, 0.2) is 0 Å². The molecule has 0 fully saturated rings. The summed E-state index contributed by atoms with van der Waals surface area (Å²) in [6, 6.07) is 5.46. The van der Waals surface area contributed by atoms with Gasteiger partial charge in [0.05, 0.1) is 6.61 Å². The first-order valence-electron chi connectivity index (χ1n) is 4.92. The summed E-state index contributed by atoms with van der Waals surface area (Å²) in [6.45, 7) is 2.85. The number of unbranched alkanes of at least 4 members (excludes halogenated alkanes) is 1. The van der Waals surface area contributed by atoms with Crippen molar-refractivity contribution in [3.8, 4) is 5.75 Å². The largest absolute Gasteiger partial charge is 0.494 e. The Balaban J connectivity index is 2.69. The number of rotatable bonds is 5. The molecule has 4 heteroatoms. The number of amidine groups is 1. The Morgan fingerprint density at radius 2 is 2.27 bits per heavy atom. The Labute approximate surface area is 98.3 Å². The topological polar surface area (TPSA) is 59.1 Å². The van der Waals surface area contributed by atoms with Crippen molar-refractivity contribution in [2.75, 3.05) is 6.61 Å². The van der Waals surface area contributed by atoms with E-state index < -0.39 is 0 Å². The number of nitrogens with two attached hydrogens (primary N) is 1. The lowest BCUT2D eigenvalue weighted by molar-refractivity contribution is 0.309. The van der Waals surface area contributed by atoms with Gasteiger partial charge in [0.25, 0.3) is 0 Å². The molecule has 1 rings (SSSR count). The van der Waals surface area contributed by atoms with Crippen LogP contribution in [0.5, 0.6) is 5.75 Å². The molecule has 0 aromatic heterocycles. The zero-order valence-corrected chi connectivity index (χ0v) is 10.3. The lowest BCUT2D eigenvalue weighted by Crippen LogP contribution is -2.11. The molecule has 0 spiro atoms. The minimum Gasteiger partial charge on any atom is -0.494 e. The minimum absolute atomic E-state index is 0.0574. The van der Waals surface area contributed by atoms with Gasteiger partial charge in [-0.2, -0.15) is 0 Å². The lowest BCUT2D eigenvalue weighted by Gasteiger charge is -2.07. The van der Waals surface area contributed by atoms with Gasteiger partial charge < -0.3 is 10.5 Å². The van der Waals surface area contributed by atoms with Gasteiger partial charge in [0, 0.05) is 10.0 Å². The van der Waals surface area contributed by atoms with Crippen LogP contribution in [0.2, 0.25) is 0 Å². The van der Waals surface area contributed by atoms with Gasteiger partial charge in [-0.1, -0.05) is 13.3 Å². The van der Waals surface area contributed by atoms with Gasteiger partial charge in [0.2, 0.25) is 0 Å². The van der Waals surface area contributed by atoms with Gasteiger partial charge in [-0.15, -0.1) is 0 Å². The van der Waals surface area contributed by atoms with Crippen molar-refractivity contribution >= 4 is 21.8 Å². The first-order chi connectivity index (χ1) is 7.15. The zero-order chi connectivity index (χ0) is 11.3. The Bertz CT molecular complexity index is 352. The molecule has 1 aromatic rings. The molecule has 0 unspecified atom stereocenters. The summed E-state index contributed by atoms with van der Waals surface area (Å²) in [4.78, 5) is 0. The number of hydrogen-bond donors (Lipinski definition) is 2. The van der Waals surface area contributed by atoms with E-state index in [2.05, 4.69) is 22.9 Å². The van der Waals surface area contributed by atoms with E-state index in [1.165, 1.54) is 0 Å². The molecule has 3 nitrogen and oxygen atoms in total. The van der Waals surface area contributed by atoms with Crippen LogP contribution in [0.3, 0.4) is 0 Å². The van der Waals surface area contributed by atoms with Gasteiger partial charge in [-0.25, -0.2) is 0 Å². The molecule has 1 aromatic carbocycles. The van der Waals surface area contributed by atoms with Gasteiger partial charge in [0.1, 0.15) is 11.6 Å². The van der Waals surface area contributed by atoms with Crippen LogP contribution in [-0.2, 0) is 0 Å². The van der Waals surface area contributed by atoms with Gasteiger partial charge >= 0.3 is 0 Å². The number of nitrogen functional groups attached to an aromatic ring is 1. The number of ether oxygens (including phenoxy) is 1. The van der Waals surface area contributed by atoms with E-state index in [1.807, 2.05) is 12.1 Å². The molecular weight excluding hydrogens is 256 g/mol. The predicted octanol–water partition coefficient (Wildman–Crippen LogP) is 2.91.